The van der Waals surface area contributed by atoms with Crippen LogP contribution < -0.4 is 5.73 Å². The summed E-state index contributed by atoms with van der Waals surface area (Å²) in [4.78, 5) is 1.16. The molecule has 1 saturated carbocycles. The second-order valence-corrected chi connectivity index (χ2v) is 7.22. The summed E-state index contributed by atoms with van der Waals surface area (Å²) < 4.78 is 6.97. The molecule has 1 fully saturated rings. The first-order chi connectivity index (χ1) is 9.20. The Morgan fingerprint density at radius 1 is 1.37 bits per heavy atom. The second kappa shape index (κ2) is 7.63. The Bertz CT molecular complexity index is 376. The Kier molecular flexibility index (Phi) is 6.14. The van der Waals surface area contributed by atoms with Gasteiger partial charge in [0, 0.05) is 10.9 Å². The van der Waals surface area contributed by atoms with Gasteiger partial charge in [-0.1, -0.05) is 37.8 Å². The van der Waals surface area contributed by atoms with Gasteiger partial charge in [-0.15, -0.1) is 11.3 Å². The van der Waals surface area contributed by atoms with E-state index in [1.54, 1.807) is 11.3 Å². The molecule has 2 N–H and O–H groups in total. The van der Waals surface area contributed by atoms with Gasteiger partial charge in [-0.2, -0.15) is 0 Å². The van der Waals surface area contributed by atoms with Crippen molar-refractivity contribution in [2.45, 2.75) is 57.6 Å². The Labute approximate surface area is 125 Å². The highest BCUT2D eigenvalue weighted by Gasteiger charge is 2.23. The van der Waals surface area contributed by atoms with Crippen molar-refractivity contribution in [3.05, 3.63) is 21.3 Å². The topological polar surface area (TPSA) is 35.2 Å². The van der Waals surface area contributed by atoms with Crippen LogP contribution in [0.5, 0.6) is 0 Å². The second-order valence-electron chi connectivity index (χ2n) is 5.47. The van der Waals surface area contributed by atoms with Crippen molar-refractivity contribution in [1.82, 2.24) is 0 Å². The maximum Gasteiger partial charge on any atom is 0.107 e. The normalized spacial score (nSPS) is 20.4. The molecule has 0 aliphatic heterocycles. The summed E-state index contributed by atoms with van der Waals surface area (Å²) in [6.45, 7) is 2.95. The summed E-state index contributed by atoms with van der Waals surface area (Å²) in [5, 5.41) is 0. The number of hydrogen-bond donors (Lipinski definition) is 1. The zero-order chi connectivity index (χ0) is 13.7. The molecule has 2 unspecified atom stereocenters. The lowest BCUT2D eigenvalue weighted by Gasteiger charge is -2.27. The van der Waals surface area contributed by atoms with Crippen molar-refractivity contribution in [3.8, 4) is 0 Å². The van der Waals surface area contributed by atoms with Gasteiger partial charge in [0.05, 0.1) is 10.9 Å². The molecule has 4 heteroatoms. The fraction of sp³-hybridized carbons (Fsp3) is 0.733. The minimum absolute atomic E-state index is 0.00410. The van der Waals surface area contributed by atoms with E-state index in [4.69, 9.17) is 22.1 Å². The predicted octanol–water partition coefficient (Wildman–Crippen LogP) is 4.78. The van der Waals surface area contributed by atoms with Crippen LogP contribution in [-0.4, -0.2) is 12.6 Å². The molecule has 1 aliphatic carbocycles. The van der Waals surface area contributed by atoms with Crippen LogP contribution in [0.2, 0.25) is 4.34 Å². The van der Waals surface area contributed by atoms with E-state index in [0.717, 1.165) is 28.2 Å². The Morgan fingerprint density at radius 2 is 2.11 bits per heavy atom. The number of hydrogen-bond acceptors (Lipinski definition) is 3. The van der Waals surface area contributed by atoms with Crippen molar-refractivity contribution < 1.29 is 4.74 Å². The molecule has 1 heterocycles. The number of ether oxygens (including phenoxy) is 1. The maximum atomic E-state index is 6.21. The molecule has 1 aliphatic rings. The van der Waals surface area contributed by atoms with Gasteiger partial charge in [0.15, 0.2) is 0 Å². The van der Waals surface area contributed by atoms with Crippen molar-refractivity contribution in [2.24, 2.45) is 11.7 Å². The fourth-order valence-corrected chi connectivity index (χ4v) is 3.89. The van der Waals surface area contributed by atoms with Gasteiger partial charge < -0.3 is 10.5 Å². The van der Waals surface area contributed by atoms with Crippen molar-refractivity contribution >= 4 is 22.9 Å². The highest BCUT2D eigenvalue weighted by molar-refractivity contribution is 7.16. The van der Waals surface area contributed by atoms with Gasteiger partial charge in [-0.25, -0.2) is 0 Å². The molecular formula is C15H24ClNOS. The predicted molar refractivity (Wildman–Crippen MR) is 82.9 cm³/mol. The average Bonchev–Trinajstić information content (AvgIpc) is 2.86. The van der Waals surface area contributed by atoms with Crippen LogP contribution in [0.15, 0.2) is 12.1 Å². The highest BCUT2D eigenvalue weighted by atomic mass is 35.5. The third-order valence-electron chi connectivity index (χ3n) is 3.97. The minimum atomic E-state index is 0.00410. The summed E-state index contributed by atoms with van der Waals surface area (Å²) in [6, 6.07) is 4.04. The summed E-state index contributed by atoms with van der Waals surface area (Å²) in [6.07, 6.45) is 7.62. The molecule has 0 saturated heterocycles. The van der Waals surface area contributed by atoms with Crippen LogP contribution >= 0.6 is 22.9 Å². The summed E-state index contributed by atoms with van der Waals surface area (Å²) in [7, 11) is 0. The molecule has 0 amide bonds. The quantitative estimate of drug-likeness (QED) is 0.821. The van der Waals surface area contributed by atoms with E-state index >= 15 is 0 Å². The van der Waals surface area contributed by atoms with Crippen LogP contribution in [0.1, 0.15) is 56.4 Å². The maximum absolute atomic E-state index is 6.21. The van der Waals surface area contributed by atoms with Crippen LogP contribution in [0.3, 0.4) is 0 Å². The summed E-state index contributed by atoms with van der Waals surface area (Å²) >= 11 is 7.61. The minimum Gasteiger partial charge on any atom is -0.371 e. The Morgan fingerprint density at radius 3 is 2.68 bits per heavy atom. The van der Waals surface area contributed by atoms with Crippen LogP contribution in [-0.2, 0) is 4.74 Å². The van der Waals surface area contributed by atoms with E-state index in [1.807, 2.05) is 12.1 Å². The molecule has 0 spiro atoms. The molecule has 2 atom stereocenters. The highest BCUT2D eigenvalue weighted by Crippen LogP contribution is 2.33. The SMILES string of the molecule is CCC(N)C(OCC1CCCCC1)c1ccc(Cl)s1. The molecule has 2 nitrogen and oxygen atoms in total. The first kappa shape index (κ1) is 15.3. The van der Waals surface area contributed by atoms with Gasteiger partial charge in [0.2, 0.25) is 0 Å². The zero-order valence-corrected chi connectivity index (χ0v) is 13.2. The van der Waals surface area contributed by atoms with Crippen LogP contribution in [0.4, 0.5) is 0 Å². The molecule has 2 rings (SSSR count). The number of rotatable bonds is 6. The van der Waals surface area contributed by atoms with Crippen LogP contribution in [0.25, 0.3) is 0 Å². The van der Waals surface area contributed by atoms with Crippen molar-refractivity contribution in [1.29, 1.82) is 0 Å². The monoisotopic (exact) mass is 301 g/mol. The molecule has 1 aromatic heterocycles. The van der Waals surface area contributed by atoms with Gasteiger partial charge in [-0.3, -0.25) is 0 Å². The lowest BCUT2D eigenvalue weighted by atomic mass is 9.90. The summed E-state index contributed by atoms with van der Waals surface area (Å²) in [5.41, 5.74) is 6.21. The van der Waals surface area contributed by atoms with E-state index < -0.39 is 0 Å². The molecule has 19 heavy (non-hydrogen) atoms. The van der Waals surface area contributed by atoms with E-state index in [1.165, 1.54) is 32.1 Å². The molecule has 108 valence electrons. The van der Waals surface area contributed by atoms with E-state index in [2.05, 4.69) is 6.92 Å². The summed E-state index contributed by atoms with van der Waals surface area (Å²) in [5.74, 6) is 0.718. The fourth-order valence-electron chi connectivity index (χ4n) is 2.71. The van der Waals surface area contributed by atoms with Crippen molar-refractivity contribution in [2.75, 3.05) is 6.61 Å². The van der Waals surface area contributed by atoms with E-state index in [9.17, 15) is 0 Å². The standard InChI is InChI=1S/C15H24ClNOS/c1-2-12(17)15(13-8-9-14(16)19-13)18-10-11-6-4-3-5-7-11/h8-9,11-12,15H,2-7,10,17H2,1H3. The lowest BCUT2D eigenvalue weighted by molar-refractivity contribution is 0.00640. The average molecular weight is 302 g/mol. The number of nitrogens with two attached hydrogens (primary N) is 1. The zero-order valence-electron chi connectivity index (χ0n) is 11.6. The van der Waals surface area contributed by atoms with Gasteiger partial charge in [0.1, 0.15) is 6.10 Å². The largest absolute Gasteiger partial charge is 0.371 e. The number of thiophene rings is 1. The molecule has 0 radical (unpaired) electrons. The van der Waals surface area contributed by atoms with E-state index in [0.29, 0.717) is 0 Å². The van der Waals surface area contributed by atoms with Crippen LogP contribution in [0, 0.1) is 5.92 Å². The van der Waals surface area contributed by atoms with E-state index in [-0.39, 0.29) is 12.1 Å². The lowest BCUT2D eigenvalue weighted by Crippen LogP contribution is -2.30. The van der Waals surface area contributed by atoms with Gasteiger partial charge in [-0.05, 0) is 37.3 Å². The first-order valence-electron chi connectivity index (χ1n) is 7.33. The smallest absolute Gasteiger partial charge is 0.107 e. The molecular weight excluding hydrogens is 278 g/mol. The van der Waals surface area contributed by atoms with Gasteiger partial charge >= 0.3 is 0 Å². The van der Waals surface area contributed by atoms with Crippen molar-refractivity contribution in [3.63, 3.8) is 0 Å². The molecule has 0 aromatic carbocycles. The molecule has 0 bridgehead atoms. The molecule has 1 aromatic rings. The Balaban J connectivity index is 1.93. The Hall–Kier alpha value is -0.0900. The first-order valence-corrected chi connectivity index (χ1v) is 8.52. The van der Waals surface area contributed by atoms with Gasteiger partial charge in [0.25, 0.3) is 0 Å². The third-order valence-corrected chi connectivity index (χ3v) is 5.26. The third kappa shape index (κ3) is 4.45. The number of halogens is 1.